The van der Waals surface area contributed by atoms with Gasteiger partial charge in [0.2, 0.25) is 11.7 Å². The highest BCUT2D eigenvalue weighted by Gasteiger charge is 2.21. The number of carbonyl (C=O) groups is 1. The molecule has 0 aliphatic heterocycles. The van der Waals surface area contributed by atoms with Crippen molar-refractivity contribution in [3.8, 4) is 11.5 Å². The first-order valence-electron chi connectivity index (χ1n) is 8.53. The number of nitrogens with zero attached hydrogens (tertiary/aromatic N) is 2. The van der Waals surface area contributed by atoms with Crippen molar-refractivity contribution in [2.24, 2.45) is 5.10 Å². The molecular formula is C19H20ClN3O5S. The Bertz CT molecular complexity index is 936. The summed E-state index contributed by atoms with van der Waals surface area (Å²) in [7, 11) is 2.70. The average molecular weight is 438 g/mol. The number of nitro benzene ring substituents is 1. The summed E-state index contributed by atoms with van der Waals surface area (Å²) >= 11 is 7.65. The van der Waals surface area contributed by atoms with Crippen molar-refractivity contribution in [3.63, 3.8) is 0 Å². The molecule has 0 atom stereocenters. The lowest BCUT2D eigenvalue weighted by Crippen LogP contribution is -2.20. The standard InChI is InChI=1S/C19H20ClN3O5S/c1-4-29-17-6-5-14(20)9-13(17)10-18(24)22-21-11-12-7-15(23(25)26)19(28-3)16(8-12)27-2/h5-9,11H,4,10H2,1-3H3,(H,22,24)/b21-11-. The van der Waals surface area contributed by atoms with Gasteiger partial charge in [-0.1, -0.05) is 18.5 Å². The Hall–Kier alpha value is -2.78. The first-order valence-corrected chi connectivity index (χ1v) is 9.89. The largest absolute Gasteiger partial charge is 0.493 e. The number of hydrazone groups is 1. The van der Waals surface area contributed by atoms with Crippen molar-refractivity contribution < 1.29 is 19.2 Å². The van der Waals surface area contributed by atoms with Gasteiger partial charge in [-0.25, -0.2) is 5.43 Å². The van der Waals surface area contributed by atoms with Gasteiger partial charge in [-0.2, -0.15) is 5.10 Å². The predicted octanol–water partition coefficient (Wildman–Crippen LogP) is 4.07. The molecular weight excluding hydrogens is 418 g/mol. The van der Waals surface area contributed by atoms with Crippen LogP contribution in [0.3, 0.4) is 0 Å². The summed E-state index contributed by atoms with van der Waals surface area (Å²) in [4.78, 5) is 23.9. The van der Waals surface area contributed by atoms with Crippen LogP contribution in [0.4, 0.5) is 5.69 Å². The Morgan fingerprint density at radius 3 is 2.69 bits per heavy atom. The van der Waals surface area contributed by atoms with Gasteiger partial charge < -0.3 is 9.47 Å². The van der Waals surface area contributed by atoms with E-state index >= 15 is 0 Å². The van der Waals surface area contributed by atoms with Crippen LogP contribution < -0.4 is 14.9 Å². The van der Waals surface area contributed by atoms with Crippen molar-refractivity contribution in [2.75, 3.05) is 20.0 Å². The van der Waals surface area contributed by atoms with Crippen LogP contribution in [-0.4, -0.2) is 37.0 Å². The fourth-order valence-electron chi connectivity index (χ4n) is 2.55. The number of nitrogens with one attached hydrogen (secondary N) is 1. The number of hydrogen-bond donors (Lipinski definition) is 1. The highest BCUT2D eigenvalue weighted by molar-refractivity contribution is 7.99. The fraction of sp³-hybridized carbons (Fsp3) is 0.263. The van der Waals surface area contributed by atoms with Gasteiger partial charge >= 0.3 is 5.69 Å². The lowest BCUT2D eigenvalue weighted by atomic mass is 10.1. The molecule has 2 aromatic rings. The highest BCUT2D eigenvalue weighted by atomic mass is 35.5. The van der Waals surface area contributed by atoms with E-state index in [1.165, 1.54) is 32.6 Å². The molecule has 154 valence electrons. The number of nitro groups is 1. The quantitative estimate of drug-likeness (QED) is 0.274. The van der Waals surface area contributed by atoms with Gasteiger partial charge in [0.1, 0.15) is 0 Å². The Balaban J connectivity index is 2.14. The number of thioether (sulfide) groups is 1. The smallest absolute Gasteiger partial charge is 0.315 e. The number of carbonyl (C=O) groups excluding carboxylic acids is 1. The third-order valence-electron chi connectivity index (χ3n) is 3.75. The van der Waals surface area contributed by atoms with Crippen molar-refractivity contribution in [2.45, 2.75) is 18.2 Å². The molecule has 0 spiro atoms. The van der Waals surface area contributed by atoms with Gasteiger partial charge in [0.15, 0.2) is 5.75 Å². The summed E-state index contributed by atoms with van der Waals surface area (Å²) in [6, 6.07) is 8.22. The van der Waals surface area contributed by atoms with Crippen LogP contribution in [0.2, 0.25) is 5.02 Å². The second-order valence-electron chi connectivity index (χ2n) is 5.69. The van der Waals surface area contributed by atoms with Crippen LogP contribution >= 0.6 is 23.4 Å². The molecule has 29 heavy (non-hydrogen) atoms. The highest BCUT2D eigenvalue weighted by Crippen LogP contribution is 2.37. The van der Waals surface area contributed by atoms with Crippen LogP contribution in [0.1, 0.15) is 18.1 Å². The summed E-state index contributed by atoms with van der Waals surface area (Å²) in [5.74, 6) is 0.735. The van der Waals surface area contributed by atoms with E-state index in [0.29, 0.717) is 10.6 Å². The van der Waals surface area contributed by atoms with Crippen molar-refractivity contribution in [1.29, 1.82) is 0 Å². The Morgan fingerprint density at radius 2 is 2.07 bits per heavy atom. The molecule has 1 amide bonds. The summed E-state index contributed by atoms with van der Waals surface area (Å²) < 4.78 is 10.2. The minimum Gasteiger partial charge on any atom is -0.493 e. The van der Waals surface area contributed by atoms with E-state index in [-0.39, 0.29) is 29.5 Å². The molecule has 0 heterocycles. The minimum absolute atomic E-state index is 0.0144. The van der Waals surface area contributed by atoms with E-state index in [0.717, 1.165) is 16.2 Å². The zero-order chi connectivity index (χ0) is 21.4. The van der Waals surface area contributed by atoms with Gasteiger partial charge in [-0.3, -0.25) is 14.9 Å². The molecule has 0 aromatic heterocycles. The monoisotopic (exact) mass is 437 g/mol. The summed E-state index contributed by atoms with van der Waals surface area (Å²) in [5, 5.41) is 15.7. The van der Waals surface area contributed by atoms with Crippen LogP contribution in [0, 0.1) is 10.1 Å². The first-order chi connectivity index (χ1) is 13.9. The molecule has 0 saturated carbocycles. The molecule has 0 aliphatic carbocycles. The topological polar surface area (TPSA) is 103 Å². The lowest BCUT2D eigenvalue weighted by Gasteiger charge is -2.09. The SMILES string of the molecule is CCSc1ccc(Cl)cc1CC(=O)N/N=C\c1cc(OC)c(OC)c([N+](=O)[O-])c1. The molecule has 2 aromatic carbocycles. The second kappa shape index (κ2) is 10.7. The van der Waals surface area contributed by atoms with E-state index < -0.39 is 4.92 Å². The van der Waals surface area contributed by atoms with Gasteiger partial charge in [0.05, 0.1) is 31.8 Å². The molecule has 0 aliphatic rings. The molecule has 8 nitrogen and oxygen atoms in total. The molecule has 0 radical (unpaired) electrons. The van der Waals surface area contributed by atoms with Crippen molar-refractivity contribution in [1.82, 2.24) is 5.43 Å². The minimum atomic E-state index is -0.580. The Labute approximate surface area is 177 Å². The van der Waals surface area contributed by atoms with Crippen molar-refractivity contribution in [3.05, 3.63) is 56.6 Å². The van der Waals surface area contributed by atoms with Gasteiger partial charge in [0, 0.05) is 21.5 Å². The van der Waals surface area contributed by atoms with Gasteiger partial charge in [0.25, 0.3) is 0 Å². The first kappa shape index (κ1) is 22.5. The average Bonchev–Trinajstić information content (AvgIpc) is 2.69. The Kier molecular flexibility index (Phi) is 8.29. The van der Waals surface area contributed by atoms with Crippen LogP contribution in [-0.2, 0) is 11.2 Å². The molecule has 0 unspecified atom stereocenters. The zero-order valence-corrected chi connectivity index (χ0v) is 17.7. The summed E-state index contributed by atoms with van der Waals surface area (Å²) in [6.45, 7) is 2.02. The number of amides is 1. The molecule has 0 bridgehead atoms. The predicted molar refractivity (Wildman–Crippen MR) is 113 cm³/mol. The second-order valence-corrected chi connectivity index (χ2v) is 7.43. The maximum Gasteiger partial charge on any atom is 0.315 e. The molecule has 2 rings (SSSR count). The van der Waals surface area contributed by atoms with Crippen LogP contribution in [0.25, 0.3) is 0 Å². The zero-order valence-electron chi connectivity index (χ0n) is 16.1. The van der Waals surface area contributed by atoms with E-state index in [9.17, 15) is 14.9 Å². The maximum atomic E-state index is 12.2. The number of benzene rings is 2. The van der Waals surface area contributed by atoms with Crippen LogP contribution in [0.15, 0.2) is 40.3 Å². The lowest BCUT2D eigenvalue weighted by molar-refractivity contribution is -0.385. The number of methoxy groups -OCH3 is 2. The number of ether oxygens (including phenoxy) is 2. The number of hydrogen-bond acceptors (Lipinski definition) is 7. The molecule has 1 N–H and O–H groups in total. The van der Waals surface area contributed by atoms with Gasteiger partial charge in [-0.05, 0) is 35.6 Å². The number of rotatable bonds is 9. The van der Waals surface area contributed by atoms with E-state index in [2.05, 4.69) is 10.5 Å². The van der Waals surface area contributed by atoms with Crippen molar-refractivity contribution >= 4 is 41.2 Å². The molecule has 0 fully saturated rings. The normalized spacial score (nSPS) is 10.8. The molecule has 0 saturated heterocycles. The molecule has 10 heteroatoms. The van der Waals surface area contributed by atoms with Crippen LogP contribution in [0.5, 0.6) is 11.5 Å². The number of halogens is 1. The Morgan fingerprint density at radius 1 is 1.31 bits per heavy atom. The third-order valence-corrected chi connectivity index (χ3v) is 4.99. The third kappa shape index (κ3) is 6.10. The van der Waals surface area contributed by atoms with E-state index in [4.69, 9.17) is 21.1 Å². The van der Waals surface area contributed by atoms with E-state index in [1.54, 1.807) is 23.9 Å². The maximum absolute atomic E-state index is 12.2. The summed E-state index contributed by atoms with van der Waals surface area (Å²) in [6.07, 6.45) is 1.40. The van der Waals surface area contributed by atoms with Gasteiger partial charge in [-0.15, -0.1) is 11.8 Å². The fourth-order valence-corrected chi connectivity index (χ4v) is 3.54. The van der Waals surface area contributed by atoms with E-state index in [1.807, 2.05) is 13.0 Å². The summed E-state index contributed by atoms with van der Waals surface area (Å²) in [5.41, 5.74) is 3.33.